The Morgan fingerprint density at radius 3 is 0.676 bits per heavy atom. The van der Waals surface area contributed by atoms with Crippen LogP contribution in [-0.4, -0.2) is 96.7 Å². The molecule has 17 nitrogen and oxygen atoms in total. The van der Waals surface area contributed by atoms with E-state index < -0.39 is 97.5 Å². The molecule has 0 bridgehead atoms. The maximum atomic E-state index is 13.1. The van der Waals surface area contributed by atoms with Crippen molar-refractivity contribution in [3.05, 3.63) is 0 Å². The van der Waals surface area contributed by atoms with Gasteiger partial charge >= 0.3 is 39.5 Å². The summed E-state index contributed by atoms with van der Waals surface area (Å²) < 4.78 is 68.9. The molecule has 0 amide bonds. The van der Waals surface area contributed by atoms with Crippen molar-refractivity contribution in [3.63, 3.8) is 0 Å². The number of hydrogen-bond acceptors (Lipinski definition) is 15. The van der Waals surface area contributed by atoms with Crippen molar-refractivity contribution in [2.45, 2.75) is 465 Å². The van der Waals surface area contributed by atoms with Gasteiger partial charge in [-0.3, -0.25) is 37.3 Å². The van der Waals surface area contributed by atoms with Gasteiger partial charge in [0.05, 0.1) is 26.4 Å². The first-order valence-corrected chi connectivity index (χ1v) is 47.2. The van der Waals surface area contributed by atoms with Gasteiger partial charge in [-0.2, -0.15) is 0 Å². The van der Waals surface area contributed by atoms with E-state index in [-0.39, 0.29) is 25.7 Å². The number of aliphatic hydroxyl groups excluding tert-OH is 1. The SMILES string of the molecule is CCC(C)CCCCCCCCCCC(=O)OC[C@H](COP(=O)(O)OC[C@H](O)COP(=O)(O)OC[C@@H](COC(=O)CCCCCCCCCCCCCCCC(C)C)OC(=O)CCCCCCCCCCCCCCCCCCCCC(C)C)OC(=O)CCCCCCCCCCCCCCCC(C)C. The van der Waals surface area contributed by atoms with Crippen LogP contribution in [0, 0.1) is 23.7 Å². The molecular weight excluding hydrogens is 1370 g/mol. The first-order valence-electron chi connectivity index (χ1n) is 44.2. The van der Waals surface area contributed by atoms with E-state index in [0.717, 1.165) is 114 Å². The predicted octanol–water partition coefficient (Wildman–Crippen LogP) is 25.9. The summed E-state index contributed by atoms with van der Waals surface area (Å²) in [5.74, 6) is 1.07. The van der Waals surface area contributed by atoms with E-state index in [1.54, 1.807) is 0 Å². The van der Waals surface area contributed by atoms with E-state index in [1.165, 1.54) is 250 Å². The molecule has 0 saturated carbocycles. The van der Waals surface area contributed by atoms with Crippen molar-refractivity contribution in [3.8, 4) is 0 Å². The lowest BCUT2D eigenvalue weighted by atomic mass is 9.99. The second kappa shape index (κ2) is 74.8. The quantitative estimate of drug-likeness (QED) is 0.0222. The minimum absolute atomic E-state index is 0.107. The molecular formula is C86H168O17P2. The normalized spacial score (nSPS) is 14.2. The zero-order valence-electron chi connectivity index (χ0n) is 69.4. The highest BCUT2D eigenvalue weighted by molar-refractivity contribution is 7.47. The van der Waals surface area contributed by atoms with Gasteiger partial charge in [-0.25, -0.2) is 9.13 Å². The molecule has 0 radical (unpaired) electrons. The molecule has 0 aromatic heterocycles. The van der Waals surface area contributed by atoms with Crippen LogP contribution in [0.15, 0.2) is 0 Å². The first kappa shape index (κ1) is 103. The largest absolute Gasteiger partial charge is 0.472 e. The number of ether oxygens (including phenoxy) is 4. The number of carbonyl (C=O) groups is 4. The molecule has 0 aliphatic heterocycles. The lowest BCUT2D eigenvalue weighted by Gasteiger charge is -2.21. The Morgan fingerprint density at radius 2 is 0.457 bits per heavy atom. The number of hydrogen-bond donors (Lipinski definition) is 3. The van der Waals surface area contributed by atoms with Crippen LogP contribution in [0.25, 0.3) is 0 Å². The van der Waals surface area contributed by atoms with Crippen LogP contribution in [0.4, 0.5) is 0 Å². The van der Waals surface area contributed by atoms with Crippen LogP contribution < -0.4 is 0 Å². The van der Waals surface area contributed by atoms with Gasteiger partial charge in [0, 0.05) is 25.7 Å². The van der Waals surface area contributed by atoms with Gasteiger partial charge in [0.1, 0.15) is 19.3 Å². The molecule has 3 N–H and O–H groups in total. The van der Waals surface area contributed by atoms with Crippen LogP contribution in [0.1, 0.15) is 447 Å². The molecule has 0 aliphatic carbocycles. The van der Waals surface area contributed by atoms with Gasteiger partial charge in [-0.05, 0) is 49.4 Å². The lowest BCUT2D eigenvalue weighted by molar-refractivity contribution is -0.161. The van der Waals surface area contributed by atoms with Crippen LogP contribution in [0.3, 0.4) is 0 Å². The summed E-state index contributed by atoms with van der Waals surface area (Å²) in [5, 5.41) is 10.7. The minimum Gasteiger partial charge on any atom is -0.462 e. The molecule has 105 heavy (non-hydrogen) atoms. The summed E-state index contributed by atoms with van der Waals surface area (Å²) in [7, 11) is -9.93. The maximum absolute atomic E-state index is 13.1. The number of phosphoric acid groups is 2. The standard InChI is InChI=1S/C86H168O17P2/c1-9-79(8)65-57-49-41-36-37-43-51-59-67-84(89)97-73-82(103-86(91)69-61-53-45-35-29-23-17-20-26-32-40-48-56-64-78(6)7)75-101-105(94,95)99-71-80(87)70-98-104(92,93)100-74-81(72-96-83(88)66-58-50-42-33-27-22-16-19-25-31-39-47-55-63-77(4)5)102-85(90)68-60-52-44-34-28-21-15-13-11-10-12-14-18-24-30-38-46-54-62-76(2)3/h76-82,87H,9-75H2,1-8H3,(H,92,93)(H,94,95)/t79?,80-,81-,82-/m1/s1. The third-order valence-corrected chi connectivity index (χ3v) is 22.3. The topological polar surface area (TPSA) is 237 Å². The van der Waals surface area contributed by atoms with Gasteiger partial charge in [0.15, 0.2) is 12.2 Å². The maximum Gasteiger partial charge on any atom is 0.472 e. The number of esters is 4. The minimum atomic E-state index is -4.97. The Bertz CT molecular complexity index is 2040. The smallest absolute Gasteiger partial charge is 0.462 e. The van der Waals surface area contributed by atoms with Crippen LogP contribution in [0.5, 0.6) is 0 Å². The Kier molecular flexibility index (Phi) is 73.4. The fourth-order valence-corrected chi connectivity index (χ4v) is 14.9. The molecule has 0 aliphatic rings. The van der Waals surface area contributed by atoms with Gasteiger partial charge < -0.3 is 33.8 Å². The van der Waals surface area contributed by atoms with Gasteiger partial charge in [-0.15, -0.1) is 0 Å². The van der Waals surface area contributed by atoms with Gasteiger partial charge in [-0.1, -0.05) is 396 Å². The monoisotopic (exact) mass is 1540 g/mol. The van der Waals surface area contributed by atoms with Crippen molar-refractivity contribution in [1.82, 2.24) is 0 Å². The highest BCUT2D eigenvalue weighted by Crippen LogP contribution is 2.45. The fraction of sp³-hybridized carbons (Fsp3) is 0.953. The van der Waals surface area contributed by atoms with E-state index in [1.807, 2.05) is 0 Å². The van der Waals surface area contributed by atoms with E-state index in [2.05, 4.69) is 55.4 Å². The highest BCUT2D eigenvalue weighted by Gasteiger charge is 2.31. The molecule has 0 saturated heterocycles. The Morgan fingerprint density at radius 1 is 0.267 bits per heavy atom. The number of rotatable bonds is 83. The van der Waals surface area contributed by atoms with Crippen LogP contribution in [-0.2, 0) is 65.4 Å². The number of unbranched alkanes of at least 4 members (excludes halogenated alkanes) is 48. The fourth-order valence-electron chi connectivity index (χ4n) is 13.3. The van der Waals surface area contributed by atoms with E-state index in [4.69, 9.17) is 37.0 Å². The van der Waals surface area contributed by atoms with Gasteiger partial charge in [0.2, 0.25) is 0 Å². The molecule has 0 spiro atoms. The average molecular weight is 1540 g/mol. The highest BCUT2D eigenvalue weighted by atomic mass is 31.2. The van der Waals surface area contributed by atoms with E-state index in [0.29, 0.717) is 25.7 Å². The number of phosphoric ester groups is 2. The zero-order chi connectivity index (χ0) is 77.4. The molecule has 19 heteroatoms. The second-order valence-corrected chi connectivity index (χ2v) is 35.5. The first-order chi connectivity index (χ1) is 50.6. The van der Waals surface area contributed by atoms with E-state index in [9.17, 15) is 43.2 Å². The molecule has 0 aromatic carbocycles. The van der Waals surface area contributed by atoms with Crippen molar-refractivity contribution < 1.29 is 80.2 Å². The summed E-state index contributed by atoms with van der Waals surface area (Å²) in [6.45, 7) is 14.4. The molecule has 3 unspecified atom stereocenters. The summed E-state index contributed by atoms with van der Waals surface area (Å²) >= 11 is 0. The van der Waals surface area contributed by atoms with Crippen molar-refractivity contribution in [2.75, 3.05) is 39.6 Å². The molecule has 0 fully saturated rings. The van der Waals surface area contributed by atoms with Crippen LogP contribution >= 0.6 is 15.6 Å². The molecule has 0 rings (SSSR count). The second-order valence-electron chi connectivity index (χ2n) is 32.6. The summed E-state index contributed by atoms with van der Waals surface area (Å²) in [6, 6.07) is 0. The third-order valence-electron chi connectivity index (χ3n) is 20.4. The van der Waals surface area contributed by atoms with Crippen molar-refractivity contribution in [2.24, 2.45) is 23.7 Å². The lowest BCUT2D eigenvalue weighted by Crippen LogP contribution is -2.30. The Hall–Kier alpha value is -1.94. The zero-order valence-corrected chi connectivity index (χ0v) is 71.2. The molecule has 624 valence electrons. The Balaban J connectivity index is 5.26. The molecule has 0 heterocycles. The summed E-state index contributed by atoms with van der Waals surface area (Å²) in [4.78, 5) is 73.3. The van der Waals surface area contributed by atoms with Gasteiger partial charge in [0.25, 0.3) is 0 Å². The van der Waals surface area contributed by atoms with Crippen LogP contribution in [0.2, 0.25) is 0 Å². The summed E-state index contributed by atoms with van der Waals surface area (Å²) in [6.07, 6.45) is 63.8. The predicted molar refractivity (Wildman–Crippen MR) is 432 cm³/mol. The average Bonchev–Trinajstić information content (AvgIpc) is 0.906. The van der Waals surface area contributed by atoms with Crippen molar-refractivity contribution in [1.29, 1.82) is 0 Å². The molecule has 0 aromatic rings. The Labute approximate surface area is 645 Å². The number of aliphatic hydroxyl groups is 1. The van der Waals surface area contributed by atoms with Crippen molar-refractivity contribution >= 4 is 39.5 Å². The summed E-state index contributed by atoms with van der Waals surface area (Å²) in [5.41, 5.74) is 0. The molecule has 6 atom stereocenters. The third kappa shape index (κ3) is 78.5. The number of carbonyl (C=O) groups excluding carboxylic acids is 4. The van der Waals surface area contributed by atoms with E-state index >= 15 is 0 Å².